The molecule has 1 aromatic heterocycles. The van der Waals surface area contributed by atoms with Crippen LogP contribution in [0.3, 0.4) is 0 Å². The van der Waals surface area contributed by atoms with Crippen molar-refractivity contribution in [2.24, 2.45) is 0 Å². The van der Waals surface area contributed by atoms with Crippen LogP contribution in [0.25, 0.3) is 0 Å². The number of hydrogen-bond acceptors (Lipinski definition) is 3. The Morgan fingerprint density at radius 3 is 2.62 bits per heavy atom. The summed E-state index contributed by atoms with van der Waals surface area (Å²) < 4.78 is 28.5. The van der Waals surface area contributed by atoms with E-state index in [1.807, 2.05) is 6.92 Å². The predicted octanol–water partition coefficient (Wildman–Crippen LogP) is 2.24. The van der Waals surface area contributed by atoms with E-state index in [9.17, 15) is 13.6 Å². The summed E-state index contributed by atoms with van der Waals surface area (Å²) in [4.78, 5) is 15.9. The number of carbonyl (C=O) groups excluding carboxylic acids is 1. The highest BCUT2D eigenvalue weighted by Crippen LogP contribution is 2.15. The monoisotopic (exact) mass is 294 g/mol. The fourth-order valence-electron chi connectivity index (χ4n) is 1.89. The van der Waals surface area contributed by atoms with E-state index < -0.39 is 17.5 Å². The zero-order chi connectivity index (χ0) is 15.6. The van der Waals surface area contributed by atoms with Gasteiger partial charge in [0.25, 0.3) is 5.91 Å². The van der Waals surface area contributed by atoms with Crippen LogP contribution in [0, 0.1) is 18.6 Å². The Balaban J connectivity index is 2.13. The summed E-state index contributed by atoms with van der Waals surface area (Å²) in [5, 5.41) is 6.67. The molecule has 0 aliphatic carbocycles. The lowest BCUT2D eigenvalue weighted by atomic mass is 10.1. The van der Waals surface area contributed by atoms with Crippen LogP contribution in [0.2, 0.25) is 0 Å². The molecule has 5 nitrogen and oxygen atoms in total. The van der Waals surface area contributed by atoms with Crippen LogP contribution < -0.4 is 5.32 Å². The van der Waals surface area contributed by atoms with Gasteiger partial charge >= 0.3 is 0 Å². The lowest BCUT2D eigenvalue weighted by Gasteiger charge is -2.21. The zero-order valence-electron chi connectivity index (χ0n) is 12.0. The van der Waals surface area contributed by atoms with Crippen molar-refractivity contribution < 1.29 is 13.6 Å². The van der Waals surface area contributed by atoms with Crippen molar-refractivity contribution in [3.8, 4) is 0 Å². The molecule has 2 aromatic rings. The van der Waals surface area contributed by atoms with Crippen LogP contribution in [0.4, 0.5) is 8.78 Å². The maximum atomic E-state index is 13.7. The highest BCUT2D eigenvalue weighted by atomic mass is 19.1. The van der Waals surface area contributed by atoms with Crippen molar-refractivity contribution in [3.63, 3.8) is 0 Å². The number of halogens is 2. The van der Waals surface area contributed by atoms with E-state index in [1.165, 1.54) is 25.6 Å². The number of nitrogens with zero attached hydrogens (tertiary/aromatic N) is 3. The fraction of sp³-hybridized carbons (Fsp3) is 0.357. The van der Waals surface area contributed by atoms with Gasteiger partial charge in [-0.3, -0.25) is 4.79 Å². The van der Waals surface area contributed by atoms with Crippen molar-refractivity contribution >= 4 is 5.91 Å². The number of nitrogens with one attached hydrogen (secondary N) is 1. The van der Waals surface area contributed by atoms with Crippen LogP contribution in [-0.2, 0) is 0 Å². The molecule has 0 unspecified atom stereocenters. The summed E-state index contributed by atoms with van der Waals surface area (Å²) in [6.07, 6.45) is 2.93. The summed E-state index contributed by atoms with van der Waals surface area (Å²) in [5.41, 5.74) is 0.0464. The lowest BCUT2D eigenvalue weighted by molar-refractivity contribution is 0.0924. The van der Waals surface area contributed by atoms with Gasteiger partial charge in [0.1, 0.15) is 24.3 Å². The zero-order valence-corrected chi connectivity index (χ0v) is 12.0. The molecule has 7 heteroatoms. The molecule has 2 rings (SSSR count). The van der Waals surface area contributed by atoms with Crippen LogP contribution in [0.15, 0.2) is 24.8 Å². The number of benzene rings is 1. The van der Waals surface area contributed by atoms with Crippen LogP contribution in [0.5, 0.6) is 0 Å². The normalized spacial score (nSPS) is 13.8. The largest absolute Gasteiger partial charge is 0.347 e. The number of rotatable bonds is 4. The van der Waals surface area contributed by atoms with E-state index in [4.69, 9.17) is 0 Å². The van der Waals surface area contributed by atoms with Gasteiger partial charge in [0.2, 0.25) is 0 Å². The van der Waals surface area contributed by atoms with Gasteiger partial charge in [-0.25, -0.2) is 18.4 Å². The molecule has 0 aliphatic heterocycles. The maximum Gasteiger partial charge on any atom is 0.254 e. The molecule has 0 spiro atoms. The van der Waals surface area contributed by atoms with Crippen LogP contribution in [-0.4, -0.2) is 26.7 Å². The van der Waals surface area contributed by atoms with Crippen molar-refractivity contribution in [1.82, 2.24) is 20.1 Å². The number of aryl methyl sites for hydroxylation is 1. The first-order valence-corrected chi connectivity index (χ1v) is 6.50. The Morgan fingerprint density at radius 1 is 1.29 bits per heavy atom. The molecule has 1 amide bonds. The highest BCUT2D eigenvalue weighted by molar-refractivity contribution is 5.94. The average Bonchev–Trinajstić information content (AvgIpc) is 2.95. The Hall–Kier alpha value is -2.31. The predicted molar refractivity (Wildman–Crippen MR) is 72.8 cm³/mol. The van der Waals surface area contributed by atoms with Gasteiger partial charge < -0.3 is 5.32 Å². The van der Waals surface area contributed by atoms with E-state index >= 15 is 0 Å². The molecule has 21 heavy (non-hydrogen) atoms. The quantitative estimate of drug-likeness (QED) is 0.940. The molecule has 1 heterocycles. The number of aromatic nitrogens is 3. The van der Waals surface area contributed by atoms with Crippen molar-refractivity contribution in [2.75, 3.05) is 0 Å². The van der Waals surface area contributed by atoms with E-state index in [2.05, 4.69) is 15.4 Å². The van der Waals surface area contributed by atoms with Gasteiger partial charge in [0, 0.05) is 12.1 Å². The fourth-order valence-corrected chi connectivity index (χ4v) is 1.89. The molecular weight excluding hydrogens is 278 g/mol. The van der Waals surface area contributed by atoms with Crippen molar-refractivity contribution in [1.29, 1.82) is 0 Å². The van der Waals surface area contributed by atoms with E-state index in [1.54, 1.807) is 11.6 Å². The summed E-state index contributed by atoms with van der Waals surface area (Å²) in [6.45, 7) is 5.11. The molecule has 1 aromatic carbocycles. The minimum atomic E-state index is -0.879. The summed E-state index contributed by atoms with van der Waals surface area (Å²) in [7, 11) is 0. The highest BCUT2D eigenvalue weighted by Gasteiger charge is 2.20. The van der Waals surface area contributed by atoms with Gasteiger partial charge in [0.15, 0.2) is 0 Å². The van der Waals surface area contributed by atoms with Gasteiger partial charge in [-0.1, -0.05) is 0 Å². The average molecular weight is 294 g/mol. The molecule has 0 bridgehead atoms. The molecule has 0 saturated heterocycles. The minimum absolute atomic E-state index is 0.152. The molecule has 2 atom stereocenters. The van der Waals surface area contributed by atoms with Gasteiger partial charge in [-0.2, -0.15) is 5.10 Å². The summed E-state index contributed by atoms with van der Waals surface area (Å²) >= 11 is 0. The topological polar surface area (TPSA) is 59.8 Å². The smallest absolute Gasteiger partial charge is 0.254 e. The molecule has 0 aliphatic rings. The van der Waals surface area contributed by atoms with Crippen molar-refractivity contribution in [2.45, 2.75) is 32.9 Å². The Morgan fingerprint density at radius 2 is 2.00 bits per heavy atom. The Labute approximate surface area is 121 Å². The standard InChI is InChI=1S/C14H16F2N4O/c1-8-4-11(13(16)5-12(8)15)14(21)19-9(2)10(3)20-7-17-6-18-20/h4-7,9-10H,1-3H3,(H,19,21)/t9-,10+/m0/s1. The number of amides is 1. The number of carbonyl (C=O) groups is 1. The second-order valence-electron chi connectivity index (χ2n) is 4.96. The van der Waals surface area contributed by atoms with Gasteiger partial charge in [-0.05, 0) is 32.4 Å². The second kappa shape index (κ2) is 5.99. The van der Waals surface area contributed by atoms with Crippen LogP contribution >= 0.6 is 0 Å². The van der Waals surface area contributed by atoms with E-state index in [0.717, 1.165) is 6.07 Å². The third-order valence-electron chi connectivity index (χ3n) is 3.43. The van der Waals surface area contributed by atoms with Crippen LogP contribution in [0.1, 0.15) is 35.8 Å². The molecule has 0 saturated carbocycles. The third-order valence-corrected chi connectivity index (χ3v) is 3.43. The van der Waals surface area contributed by atoms with Gasteiger partial charge in [0.05, 0.1) is 11.6 Å². The minimum Gasteiger partial charge on any atom is -0.347 e. The van der Waals surface area contributed by atoms with Gasteiger partial charge in [-0.15, -0.1) is 0 Å². The Bertz CT molecular complexity index is 643. The maximum absolute atomic E-state index is 13.7. The first-order chi connectivity index (χ1) is 9.90. The first-order valence-electron chi connectivity index (χ1n) is 6.50. The first kappa shape index (κ1) is 15.1. The Kier molecular flexibility index (Phi) is 4.30. The molecule has 0 radical (unpaired) electrons. The summed E-state index contributed by atoms with van der Waals surface area (Å²) in [5.74, 6) is -2.14. The molecule has 0 fully saturated rings. The third kappa shape index (κ3) is 3.24. The number of hydrogen-bond donors (Lipinski definition) is 1. The van der Waals surface area contributed by atoms with E-state index in [0.29, 0.717) is 0 Å². The molecular formula is C14H16F2N4O. The summed E-state index contributed by atoms with van der Waals surface area (Å²) in [6, 6.07) is 1.47. The second-order valence-corrected chi connectivity index (χ2v) is 4.96. The molecule has 1 N–H and O–H groups in total. The SMILES string of the molecule is Cc1cc(C(=O)N[C@@H](C)[C@@H](C)n2cncn2)c(F)cc1F. The lowest BCUT2D eigenvalue weighted by Crippen LogP contribution is -2.38. The van der Waals surface area contributed by atoms with E-state index in [-0.39, 0.29) is 23.2 Å². The van der Waals surface area contributed by atoms with Crippen molar-refractivity contribution in [3.05, 3.63) is 47.5 Å². The molecule has 112 valence electrons.